The summed E-state index contributed by atoms with van der Waals surface area (Å²) in [6.45, 7) is 1.44. The monoisotopic (exact) mass is 711 g/mol. The number of hydrogen-bond acceptors (Lipinski definition) is 11. The average Bonchev–Trinajstić information content (AvgIpc) is 3.09. The molecule has 272 valence electrons. The minimum absolute atomic E-state index is 0.119. The van der Waals surface area contributed by atoms with Gasteiger partial charge < -0.3 is 36.8 Å². The number of nitro groups is 3. The number of amides is 7. The standard InChI is InChI=1S/C27H30N10O9.C3H7NO/c38-25(31-19-1-7-22(8-2-19)35(41)42)28-13-16-34(17-14-29-26(39)32-20-3-9-23(10-4-20)36(43)44)18-15-30-27(40)33-21-5-11-24(12-6-21)37(45)46;1-4(2)3-5/h1-12H,13-18H2,(H2,28,31,38)(H2,29,32,39)(H2,30,33,40);3H,1-2H3. The van der Waals surface area contributed by atoms with Gasteiger partial charge in [0, 0.05) is 107 Å². The molecular formula is C30H37N11O10. The highest BCUT2D eigenvalue weighted by Gasteiger charge is 2.12. The number of non-ortho nitro benzene ring substituents is 3. The van der Waals surface area contributed by atoms with E-state index in [1.807, 2.05) is 4.90 Å². The number of benzene rings is 3. The molecule has 21 nitrogen and oxygen atoms in total. The predicted octanol–water partition coefficient (Wildman–Crippen LogP) is 3.18. The van der Waals surface area contributed by atoms with Crippen molar-refractivity contribution in [3.63, 3.8) is 0 Å². The van der Waals surface area contributed by atoms with Crippen LogP contribution < -0.4 is 31.9 Å². The molecule has 6 N–H and O–H groups in total. The number of urea groups is 3. The Kier molecular flexibility index (Phi) is 16.7. The van der Waals surface area contributed by atoms with Gasteiger partial charge in [-0.15, -0.1) is 0 Å². The van der Waals surface area contributed by atoms with Gasteiger partial charge in [0.15, 0.2) is 0 Å². The van der Waals surface area contributed by atoms with Crippen LogP contribution in [-0.2, 0) is 4.79 Å². The third-order valence-electron chi connectivity index (χ3n) is 6.36. The number of nitrogens with one attached hydrogen (secondary N) is 6. The fourth-order valence-electron chi connectivity index (χ4n) is 3.84. The highest BCUT2D eigenvalue weighted by atomic mass is 16.6. The Bertz CT molecular complexity index is 1450. The lowest BCUT2D eigenvalue weighted by Crippen LogP contribution is -2.44. The van der Waals surface area contributed by atoms with E-state index >= 15 is 0 Å². The fourth-order valence-corrected chi connectivity index (χ4v) is 3.84. The molecule has 3 aromatic carbocycles. The molecule has 0 unspecified atom stereocenters. The van der Waals surface area contributed by atoms with Crippen LogP contribution in [0.3, 0.4) is 0 Å². The van der Waals surface area contributed by atoms with Crippen molar-refractivity contribution in [3.05, 3.63) is 103 Å². The van der Waals surface area contributed by atoms with Gasteiger partial charge in [-0.05, 0) is 36.4 Å². The van der Waals surface area contributed by atoms with Crippen LogP contribution in [0, 0.1) is 30.3 Å². The molecule has 21 heteroatoms. The maximum Gasteiger partial charge on any atom is 0.319 e. The third-order valence-corrected chi connectivity index (χ3v) is 6.36. The van der Waals surface area contributed by atoms with Crippen molar-refractivity contribution in [2.45, 2.75) is 0 Å². The summed E-state index contributed by atoms with van der Waals surface area (Å²) in [7, 11) is 3.38. The maximum absolute atomic E-state index is 12.3. The van der Waals surface area contributed by atoms with Crippen LogP contribution in [0.2, 0.25) is 0 Å². The first-order chi connectivity index (χ1) is 24.3. The summed E-state index contributed by atoms with van der Waals surface area (Å²) >= 11 is 0. The second kappa shape index (κ2) is 21.1. The molecule has 51 heavy (non-hydrogen) atoms. The summed E-state index contributed by atoms with van der Waals surface area (Å²) in [6, 6.07) is 14.3. The average molecular weight is 712 g/mol. The van der Waals surface area contributed by atoms with Crippen LogP contribution in [0.25, 0.3) is 0 Å². The summed E-state index contributed by atoms with van der Waals surface area (Å²) in [5, 5.41) is 48.1. The van der Waals surface area contributed by atoms with E-state index in [1.54, 1.807) is 14.1 Å². The Morgan fingerprint density at radius 3 is 0.980 bits per heavy atom. The van der Waals surface area contributed by atoms with Crippen molar-refractivity contribution in [1.29, 1.82) is 0 Å². The molecule has 0 heterocycles. The number of nitro benzene ring substituents is 3. The lowest BCUT2D eigenvalue weighted by molar-refractivity contribution is -0.385. The van der Waals surface area contributed by atoms with Crippen molar-refractivity contribution in [2.75, 3.05) is 69.3 Å². The Morgan fingerprint density at radius 1 is 0.549 bits per heavy atom. The molecule has 7 amide bonds. The molecule has 0 aromatic heterocycles. The molecule has 0 aliphatic heterocycles. The first kappa shape index (κ1) is 40.3. The molecule has 0 saturated carbocycles. The van der Waals surface area contributed by atoms with E-state index in [1.165, 1.54) is 77.7 Å². The van der Waals surface area contributed by atoms with Crippen molar-refractivity contribution in [2.24, 2.45) is 0 Å². The van der Waals surface area contributed by atoms with Crippen LogP contribution >= 0.6 is 0 Å². The quantitative estimate of drug-likeness (QED) is 0.0713. The van der Waals surface area contributed by atoms with E-state index in [0.29, 0.717) is 36.7 Å². The zero-order valence-electron chi connectivity index (χ0n) is 27.6. The van der Waals surface area contributed by atoms with E-state index in [4.69, 9.17) is 0 Å². The first-order valence-electron chi connectivity index (χ1n) is 15.0. The molecule has 3 aromatic rings. The molecule has 0 aliphatic carbocycles. The Morgan fingerprint density at radius 2 is 0.784 bits per heavy atom. The molecule has 0 atom stereocenters. The van der Waals surface area contributed by atoms with Crippen molar-refractivity contribution in [1.82, 2.24) is 25.8 Å². The predicted molar refractivity (Wildman–Crippen MR) is 187 cm³/mol. The Labute approximate surface area is 290 Å². The highest BCUT2D eigenvalue weighted by Crippen LogP contribution is 2.17. The van der Waals surface area contributed by atoms with Gasteiger partial charge >= 0.3 is 18.1 Å². The fraction of sp³-hybridized carbons (Fsp3) is 0.267. The molecular weight excluding hydrogens is 674 g/mol. The Hall–Kier alpha value is -6.90. The third kappa shape index (κ3) is 16.2. The van der Waals surface area contributed by atoms with Crippen molar-refractivity contribution < 1.29 is 33.9 Å². The first-order valence-corrected chi connectivity index (χ1v) is 15.0. The Balaban J connectivity index is 0.00000168. The number of carbonyl (C=O) groups excluding carboxylic acids is 4. The molecule has 0 bridgehead atoms. The van der Waals surface area contributed by atoms with Crippen LogP contribution in [0.1, 0.15) is 0 Å². The SMILES string of the molecule is CN(C)C=O.O=C(NCCN(CCNC(=O)Nc1ccc([N+](=O)[O-])cc1)CCNC(=O)Nc1ccc([N+](=O)[O-])cc1)Nc1ccc([N+](=O)[O-])cc1. The number of rotatable bonds is 16. The van der Waals surface area contributed by atoms with Crippen molar-refractivity contribution in [3.8, 4) is 0 Å². The summed E-state index contributed by atoms with van der Waals surface area (Å²) < 4.78 is 0. The van der Waals surface area contributed by atoms with Crippen LogP contribution in [-0.4, -0.2) is 102 Å². The second-order valence-electron chi connectivity index (χ2n) is 10.5. The summed E-state index contributed by atoms with van der Waals surface area (Å²) in [6.07, 6.45) is 0.750. The lowest BCUT2D eigenvalue weighted by Gasteiger charge is -2.23. The minimum atomic E-state index is -0.555. The molecule has 0 radical (unpaired) electrons. The molecule has 0 saturated heterocycles. The lowest BCUT2D eigenvalue weighted by atomic mass is 10.3. The van der Waals surface area contributed by atoms with Crippen LogP contribution in [0.5, 0.6) is 0 Å². The number of nitrogens with zero attached hydrogens (tertiary/aromatic N) is 5. The zero-order valence-corrected chi connectivity index (χ0v) is 27.6. The van der Waals surface area contributed by atoms with Gasteiger partial charge in [0.25, 0.3) is 17.1 Å². The van der Waals surface area contributed by atoms with Gasteiger partial charge in [-0.1, -0.05) is 0 Å². The number of hydrogen-bond donors (Lipinski definition) is 6. The van der Waals surface area contributed by atoms with E-state index in [-0.39, 0.29) is 36.7 Å². The van der Waals surface area contributed by atoms with Crippen LogP contribution in [0.4, 0.5) is 48.5 Å². The molecule has 3 rings (SSSR count). The molecule has 0 aliphatic rings. The smallest absolute Gasteiger partial charge is 0.319 e. The maximum atomic E-state index is 12.3. The minimum Gasteiger partial charge on any atom is -0.351 e. The van der Waals surface area contributed by atoms with Crippen LogP contribution in [0.15, 0.2) is 72.8 Å². The number of anilines is 3. The topological polar surface area (TPSA) is 276 Å². The van der Waals surface area contributed by atoms with E-state index in [9.17, 15) is 49.5 Å². The van der Waals surface area contributed by atoms with Gasteiger partial charge in [0.2, 0.25) is 6.41 Å². The zero-order chi connectivity index (χ0) is 37.8. The largest absolute Gasteiger partial charge is 0.351 e. The van der Waals surface area contributed by atoms with E-state index in [0.717, 1.165) is 6.41 Å². The molecule has 0 spiro atoms. The summed E-state index contributed by atoms with van der Waals surface area (Å²) in [5.74, 6) is 0. The van der Waals surface area contributed by atoms with Gasteiger partial charge in [0.1, 0.15) is 0 Å². The highest BCUT2D eigenvalue weighted by molar-refractivity contribution is 5.90. The summed E-state index contributed by atoms with van der Waals surface area (Å²) in [5.41, 5.74) is 0.703. The van der Waals surface area contributed by atoms with Gasteiger partial charge in [-0.25, -0.2) is 14.4 Å². The van der Waals surface area contributed by atoms with Gasteiger partial charge in [-0.2, -0.15) is 0 Å². The van der Waals surface area contributed by atoms with Gasteiger partial charge in [-0.3, -0.25) is 40.0 Å². The van der Waals surface area contributed by atoms with Gasteiger partial charge in [0.05, 0.1) is 14.8 Å². The molecule has 0 fully saturated rings. The number of carbonyl (C=O) groups is 4. The summed E-state index contributed by atoms with van der Waals surface area (Å²) in [4.78, 5) is 80.4. The second-order valence-corrected chi connectivity index (χ2v) is 10.5. The van der Waals surface area contributed by atoms with E-state index < -0.39 is 32.9 Å². The normalized spacial score (nSPS) is 10.0. The van der Waals surface area contributed by atoms with Crippen molar-refractivity contribution >= 4 is 58.6 Å². The van der Waals surface area contributed by atoms with E-state index in [2.05, 4.69) is 31.9 Å².